The lowest BCUT2D eigenvalue weighted by molar-refractivity contribution is -0.147. The van der Waals surface area contributed by atoms with E-state index < -0.39 is 28.7 Å². The summed E-state index contributed by atoms with van der Waals surface area (Å²) in [5, 5.41) is 10.0. The van der Waals surface area contributed by atoms with Crippen LogP contribution in [0.1, 0.15) is 39.2 Å². The molecule has 3 aliphatic heterocycles. The van der Waals surface area contributed by atoms with Crippen LogP contribution in [0.4, 0.5) is 0 Å². The molecule has 1 aromatic carbocycles. The Bertz CT molecular complexity index is 1050. The molecule has 6 atom stereocenters. The number of aliphatic hydroxyl groups is 1. The maximum atomic E-state index is 14.1. The molecule has 3 amide bonds. The van der Waals surface area contributed by atoms with Crippen LogP contribution < -0.4 is 0 Å². The first-order valence-electron chi connectivity index (χ1n) is 13.2. The van der Waals surface area contributed by atoms with Crippen LogP contribution in [0, 0.1) is 11.8 Å². The zero-order valence-electron chi connectivity index (χ0n) is 22.1. The molecular formula is C29H39N3O4S. The summed E-state index contributed by atoms with van der Waals surface area (Å²) in [7, 11) is 0. The van der Waals surface area contributed by atoms with Crippen LogP contribution in [0.5, 0.6) is 0 Å². The summed E-state index contributed by atoms with van der Waals surface area (Å²) in [5.74, 6) is -1.47. The van der Waals surface area contributed by atoms with Crippen molar-refractivity contribution in [1.29, 1.82) is 0 Å². The van der Waals surface area contributed by atoms with E-state index in [9.17, 15) is 19.5 Å². The molecule has 3 heterocycles. The van der Waals surface area contributed by atoms with Crippen molar-refractivity contribution < 1.29 is 19.5 Å². The number of aliphatic hydroxyl groups excluding tert-OH is 1. The van der Waals surface area contributed by atoms with Crippen LogP contribution in [-0.4, -0.2) is 85.3 Å². The lowest BCUT2D eigenvalue weighted by atomic mass is 9.70. The van der Waals surface area contributed by atoms with E-state index in [1.54, 1.807) is 45.5 Å². The van der Waals surface area contributed by atoms with Crippen molar-refractivity contribution in [3.8, 4) is 0 Å². The summed E-state index contributed by atoms with van der Waals surface area (Å²) in [6.07, 6.45) is 4.90. The van der Waals surface area contributed by atoms with E-state index in [1.807, 2.05) is 44.2 Å². The van der Waals surface area contributed by atoms with Crippen molar-refractivity contribution in [2.45, 2.75) is 68.3 Å². The minimum Gasteiger partial charge on any atom is -0.394 e. The molecule has 0 aliphatic carbocycles. The Morgan fingerprint density at radius 2 is 1.84 bits per heavy atom. The van der Waals surface area contributed by atoms with Crippen LogP contribution >= 0.6 is 11.8 Å². The third-order valence-corrected chi connectivity index (χ3v) is 10.1. The largest absolute Gasteiger partial charge is 0.394 e. The van der Waals surface area contributed by atoms with Crippen molar-refractivity contribution in [1.82, 2.24) is 14.7 Å². The van der Waals surface area contributed by atoms with E-state index in [-0.39, 0.29) is 35.6 Å². The maximum Gasteiger partial charge on any atom is 0.247 e. The van der Waals surface area contributed by atoms with Gasteiger partial charge in [-0.1, -0.05) is 42.5 Å². The number of benzene rings is 1. The van der Waals surface area contributed by atoms with E-state index in [1.165, 1.54) is 0 Å². The number of hydrogen-bond acceptors (Lipinski definition) is 5. The zero-order valence-corrected chi connectivity index (χ0v) is 22.9. The Hall–Kier alpha value is -2.58. The van der Waals surface area contributed by atoms with Crippen LogP contribution in [-0.2, 0) is 20.9 Å². The SMILES string of the molecule is C=CCN(Cc1ccccc1)C(=O)[C@@H]1[C@H]2C(=O)N([C@H](C)CO)C(C(=O)N(CC=C)C(C)C)C23CC[C@H]1S3. The number of thioether (sulfide) groups is 1. The van der Waals surface area contributed by atoms with Crippen molar-refractivity contribution in [2.24, 2.45) is 11.8 Å². The molecule has 3 fully saturated rings. The predicted molar refractivity (Wildman–Crippen MR) is 147 cm³/mol. The Balaban J connectivity index is 1.72. The fourth-order valence-electron chi connectivity index (χ4n) is 6.47. The summed E-state index contributed by atoms with van der Waals surface area (Å²) in [6.45, 7) is 14.3. The molecule has 8 heteroatoms. The van der Waals surface area contributed by atoms with Gasteiger partial charge in [0.15, 0.2) is 0 Å². The quantitative estimate of drug-likeness (QED) is 0.449. The van der Waals surface area contributed by atoms with Crippen molar-refractivity contribution in [3.63, 3.8) is 0 Å². The highest BCUT2D eigenvalue weighted by molar-refractivity contribution is 8.02. The van der Waals surface area contributed by atoms with Gasteiger partial charge in [-0.05, 0) is 39.2 Å². The minimum absolute atomic E-state index is 0.0154. The summed E-state index contributed by atoms with van der Waals surface area (Å²) >= 11 is 1.66. The Labute approximate surface area is 224 Å². The summed E-state index contributed by atoms with van der Waals surface area (Å²) < 4.78 is -0.677. The lowest BCUT2D eigenvalue weighted by Crippen LogP contribution is -2.58. The molecule has 3 aliphatic rings. The third kappa shape index (κ3) is 4.63. The molecule has 7 nitrogen and oxygen atoms in total. The molecule has 2 bridgehead atoms. The number of carbonyl (C=O) groups is 3. The summed E-state index contributed by atoms with van der Waals surface area (Å²) in [5.41, 5.74) is 1.02. The normalized spacial score (nSPS) is 28.8. The molecule has 0 saturated carbocycles. The van der Waals surface area contributed by atoms with Crippen LogP contribution in [0.15, 0.2) is 55.6 Å². The number of amides is 3. The van der Waals surface area contributed by atoms with Gasteiger partial charge in [-0.15, -0.1) is 24.9 Å². The number of hydrogen-bond donors (Lipinski definition) is 1. The second-order valence-corrected chi connectivity index (χ2v) is 12.3. The highest BCUT2D eigenvalue weighted by Crippen LogP contribution is 2.67. The highest BCUT2D eigenvalue weighted by atomic mass is 32.2. The molecule has 37 heavy (non-hydrogen) atoms. The van der Waals surface area contributed by atoms with Gasteiger partial charge < -0.3 is 19.8 Å². The van der Waals surface area contributed by atoms with E-state index in [0.29, 0.717) is 26.1 Å². The van der Waals surface area contributed by atoms with Gasteiger partial charge in [-0.2, -0.15) is 0 Å². The summed E-state index contributed by atoms with van der Waals surface area (Å²) in [6, 6.07) is 8.49. The smallest absolute Gasteiger partial charge is 0.247 e. The number of carbonyl (C=O) groups excluding carboxylic acids is 3. The Kier molecular flexibility index (Phi) is 8.19. The highest BCUT2D eigenvalue weighted by Gasteiger charge is 2.74. The average Bonchev–Trinajstić information content (AvgIpc) is 3.53. The first kappa shape index (κ1) is 27.5. The van der Waals surface area contributed by atoms with E-state index >= 15 is 0 Å². The average molecular weight is 526 g/mol. The maximum absolute atomic E-state index is 14.1. The minimum atomic E-state index is -0.718. The molecule has 1 N–H and O–H groups in total. The molecule has 0 aromatic heterocycles. The third-order valence-electron chi connectivity index (χ3n) is 8.11. The van der Waals surface area contributed by atoms with Gasteiger partial charge in [0.2, 0.25) is 17.7 Å². The van der Waals surface area contributed by atoms with Gasteiger partial charge in [0.05, 0.1) is 29.2 Å². The second kappa shape index (κ2) is 11.0. The van der Waals surface area contributed by atoms with E-state index in [4.69, 9.17) is 0 Å². The molecule has 1 aromatic rings. The second-order valence-electron chi connectivity index (χ2n) is 10.7. The van der Waals surface area contributed by atoms with Crippen LogP contribution in [0.3, 0.4) is 0 Å². The van der Waals surface area contributed by atoms with Gasteiger partial charge in [0.1, 0.15) is 6.04 Å². The fourth-order valence-corrected chi connectivity index (χ4v) is 8.66. The molecule has 3 saturated heterocycles. The van der Waals surface area contributed by atoms with Gasteiger partial charge in [0.25, 0.3) is 0 Å². The monoisotopic (exact) mass is 525 g/mol. The molecule has 4 rings (SSSR count). The molecule has 200 valence electrons. The van der Waals surface area contributed by atoms with Crippen molar-refractivity contribution in [3.05, 3.63) is 61.2 Å². The summed E-state index contributed by atoms with van der Waals surface area (Å²) in [4.78, 5) is 47.5. The van der Waals surface area contributed by atoms with Gasteiger partial charge in [0, 0.05) is 30.9 Å². The first-order chi connectivity index (χ1) is 17.7. The standard InChI is InChI=1S/C29H39N3O4S/c1-6-15-30(17-21-11-9-8-10-12-21)26(34)23-22-13-14-29(37-22)24(23)27(35)32(20(5)18-33)25(29)28(36)31(16-7-2)19(3)4/h6-12,19-20,22-25,33H,1-2,13-18H2,3-5H3/t20-,22-,23+,24+,25?,29?/m1/s1. The topological polar surface area (TPSA) is 81.2 Å². The number of rotatable bonds is 11. The molecule has 0 radical (unpaired) electrons. The molecule has 1 spiro atoms. The first-order valence-corrected chi connectivity index (χ1v) is 14.1. The van der Waals surface area contributed by atoms with E-state index in [0.717, 1.165) is 12.0 Å². The molecular weight excluding hydrogens is 486 g/mol. The van der Waals surface area contributed by atoms with Crippen LogP contribution in [0.25, 0.3) is 0 Å². The van der Waals surface area contributed by atoms with Crippen LogP contribution in [0.2, 0.25) is 0 Å². The number of nitrogens with zero attached hydrogens (tertiary/aromatic N) is 3. The van der Waals surface area contributed by atoms with Gasteiger partial charge in [-0.3, -0.25) is 14.4 Å². The number of fused-ring (bicyclic) bond motifs is 1. The lowest BCUT2D eigenvalue weighted by Gasteiger charge is -2.40. The van der Waals surface area contributed by atoms with Gasteiger partial charge >= 0.3 is 0 Å². The zero-order chi connectivity index (χ0) is 26.9. The van der Waals surface area contributed by atoms with E-state index in [2.05, 4.69) is 13.2 Å². The predicted octanol–water partition coefficient (Wildman–Crippen LogP) is 3.10. The van der Waals surface area contributed by atoms with Crippen molar-refractivity contribution in [2.75, 3.05) is 19.7 Å². The fraction of sp³-hybridized carbons (Fsp3) is 0.552. The van der Waals surface area contributed by atoms with Crippen molar-refractivity contribution >= 4 is 29.5 Å². The van der Waals surface area contributed by atoms with Gasteiger partial charge in [-0.25, -0.2) is 0 Å². The Morgan fingerprint density at radius 3 is 2.43 bits per heavy atom. The molecule has 2 unspecified atom stereocenters. The Morgan fingerprint density at radius 1 is 1.16 bits per heavy atom. The number of likely N-dealkylation sites (tertiary alicyclic amines) is 1.